The fraction of sp³-hybridized carbons (Fsp3) is 0.654. The number of carbonyl (C=O) groups is 3. The second-order valence-corrected chi connectivity index (χ2v) is 11.0. The van der Waals surface area contributed by atoms with E-state index in [0.717, 1.165) is 24.8 Å². The second kappa shape index (κ2) is 11.0. The topological polar surface area (TPSA) is 108 Å². The van der Waals surface area contributed by atoms with Crippen LogP contribution in [0.25, 0.3) is 0 Å². The van der Waals surface area contributed by atoms with Gasteiger partial charge in [-0.15, -0.1) is 0 Å². The van der Waals surface area contributed by atoms with E-state index < -0.39 is 35.6 Å². The number of hydrogen-bond donors (Lipinski definition) is 3. The van der Waals surface area contributed by atoms with Crippen LogP contribution >= 0.6 is 15.9 Å². The van der Waals surface area contributed by atoms with Crippen LogP contribution in [-0.4, -0.2) is 69.5 Å². The lowest BCUT2D eigenvalue weighted by Gasteiger charge is -2.36. The van der Waals surface area contributed by atoms with Gasteiger partial charge in [-0.3, -0.25) is 14.4 Å². The summed E-state index contributed by atoms with van der Waals surface area (Å²) in [5, 5.41) is 16.0. The Bertz CT molecular complexity index is 927. The lowest BCUT2D eigenvalue weighted by atomic mass is 9.70. The summed E-state index contributed by atoms with van der Waals surface area (Å²) in [5.74, 6) is -2.26. The highest BCUT2D eigenvalue weighted by Crippen LogP contribution is 2.60. The van der Waals surface area contributed by atoms with Gasteiger partial charge in [-0.05, 0) is 24.8 Å². The van der Waals surface area contributed by atoms with E-state index in [1.165, 1.54) is 4.90 Å². The predicted molar refractivity (Wildman–Crippen MR) is 135 cm³/mol. The first kappa shape index (κ1) is 26.1. The smallest absolute Gasteiger partial charge is 0.245 e. The molecule has 0 radical (unpaired) electrons. The van der Waals surface area contributed by atoms with E-state index in [4.69, 9.17) is 4.74 Å². The standard InChI is InChI=1S/C26H36BrN3O5/c1-3-5-9-12-28-24(33)22-26-13-18(27)21(35-26)19(20(26)25(34)30(22)17(4-2)15-31)23(32)29-14-16-10-7-6-8-11-16/h6-8,10-11,17-22,31H,3-5,9,12-15H2,1-2H3,(H,28,33)(H,29,32)/t17-,18?,19-,20-,21-,22?,26?/m0/s1. The van der Waals surface area contributed by atoms with Gasteiger partial charge in [0.15, 0.2) is 0 Å². The molecule has 0 aliphatic carbocycles. The first-order chi connectivity index (χ1) is 16.9. The highest BCUT2D eigenvalue weighted by Gasteiger charge is 2.76. The summed E-state index contributed by atoms with van der Waals surface area (Å²) in [7, 11) is 0. The number of carbonyl (C=O) groups excluding carboxylic acids is 3. The Morgan fingerprint density at radius 2 is 1.94 bits per heavy atom. The first-order valence-corrected chi connectivity index (χ1v) is 13.6. The van der Waals surface area contributed by atoms with Crippen LogP contribution in [0.2, 0.25) is 0 Å². The molecule has 3 saturated heterocycles. The van der Waals surface area contributed by atoms with Crippen molar-refractivity contribution in [1.29, 1.82) is 0 Å². The number of amides is 3. The van der Waals surface area contributed by atoms with Gasteiger partial charge >= 0.3 is 0 Å². The molecule has 8 nitrogen and oxygen atoms in total. The Morgan fingerprint density at radius 3 is 2.60 bits per heavy atom. The zero-order valence-electron chi connectivity index (χ0n) is 20.4. The lowest BCUT2D eigenvalue weighted by Crippen LogP contribution is -2.58. The van der Waals surface area contributed by atoms with Gasteiger partial charge in [-0.1, -0.05) is 73.0 Å². The highest BCUT2D eigenvalue weighted by molar-refractivity contribution is 9.09. The Kier molecular flexibility index (Phi) is 8.18. The molecular weight excluding hydrogens is 514 g/mol. The minimum atomic E-state index is -1.10. The summed E-state index contributed by atoms with van der Waals surface area (Å²) >= 11 is 3.68. The summed E-state index contributed by atoms with van der Waals surface area (Å²) < 4.78 is 6.47. The maximum Gasteiger partial charge on any atom is 0.245 e. The van der Waals surface area contributed by atoms with Crippen LogP contribution in [0.1, 0.15) is 51.5 Å². The molecule has 35 heavy (non-hydrogen) atoms. The Balaban J connectivity index is 1.62. The third kappa shape index (κ3) is 4.62. The molecule has 3 aliphatic rings. The number of aliphatic hydroxyl groups excluding tert-OH is 1. The van der Waals surface area contributed by atoms with Crippen molar-refractivity contribution in [3.05, 3.63) is 35.9 Å². The van der Waals surface area contributed by atoms with Crippen LogP contribution in [0, 0.1) is 11.8 Å². The number of hydrogen-bond acceptors (Lipinski definition) is 5. The maximum absolute atomic E-state index is 13.9. The number of alkyl halides is 1. The van der Waals surface area contributed by atoms with Gasteiger partial charge in [-0.25, -0.2) is 0 Å². The minimum absolute atomic E-state index is 0.149. The molecule has 3 fully saturated rings. The van der Waals surface area contributed by atoms with Crippen LogP contribution in [0.15, 0.2) is 30.3 Å². The number of ether oxygens (including phenoxy) is 1. The normalized spacial score (nSPS) is 31.9. The van der Waals surface area contributed by atoms with Gasteiger partial charge in [0, 0.05) is 17.9 Å². The van der Waals surface area contributed by atoms with Crippen molar-refractivity contribution in [1.82, 2.24) is 15.5 Å². The molecular formula is C26H36BrN3O5. The van der Waals surface area contributed by atoms with Crippen LogP contribution in [-0.2, 0) is 25.7 Å². The van der Waals surface area contributed by atoms with E-state index in [0.29, 0.717) is 25.9 Å². The third-order valence-electron chi connectivity index (χ3n) is 7.74. The van der Waals surface area contributed by atoms with Crippen molar-refractivity contribution in [2.45, 2.75) is 81.1 Å². The molecule has 3 heterocycles. The molecule has 1 spiro atoms. The van der Waals surface area contributed by atoms with E-state index in [2.05, 4.69) is 33.5 Å². The molecule has 0 aromatic heterocycles. The molecule has 2 bridgehead atoms. The van der Waals surface area contributed by atoms with Crippen molar-refractivity contribution in [2.24, 2.45) is 11.8 Å². The average molecular weight is 550 g/mol. The zero-order valence-corrected chi connectivity index (χ0v) is 22.0. The first-order valence-electron chi connectivity index (χ1n) is 12.7. The number of nitrogens with one attached hydrogen (secondary N) is 2. The predicted octanol–water partition coefficient (Wildman–Crippen LogP) is 2.13. The molecule has 3 N–H and O–H groups in total. The van der Waals surface area contributed by atoms with Crippen molar-refractivity contribution in [3.63, 3.8) is 0 Å². The molecule has 1 aromatic rings. The fourth-order valence-corrected chi connectivity index (χ4v) is 7.00. The molecule has 4 rings (SSSR count). The number of aliphatic hydroxyl groups is 1. The summed E-state index contributed by atoms with van der Waals surface area (Å²) in [4.78, 5) is 42.2. The minimum Gasteiger partial charge on any atom is -0.394 e. The maximum atomic E-state index is 13.9. The summed E-state index contributed by atoms with van der Waals surface area (Å²) in [6, 6.07) is 8.20. The van der Waals surface area contributed by atoms with E-state index in [-0.39, 0.29) is 29.2 Å². The molecule has 3 aliphatic heterocycles. The monoisotopic (exact) mass is 549 g/mol. The summed E-state index contributed by atoms with van der Waals surface area (Å²) in [5.41, 5.74) is -0.132. The van der Waals surface area contributed by atoms with Gasteiger partial charge in [0.2, 0.25) is 17.7 Å². The van der Waals surface area contributed by atoms with Gasteiger partial charge < -0.3 is 25.4 Å². The number of fused-ring (bicyclic) bond motifs is 1. The average Bonchev–Trinajstić information content (AvgIpc) is 3.45. The Hall–Kier alpha value is -1.97. The number of rotatable bonds is 11. The van der Waals surface area contributed by atoms with Crippen molar-refractivity contribution in [3.8, 4) is 0 Å². The second-order valence-electron chi connectivity index (χ2n) is 9.86. The Morgan fingerprint density at radius 1 is 1.20 bits per heavy atom. The van der Waals surface area contributed by atoms with Crippen LogP contribution in [0.5, 0.6) is 0 Å². The van der Waals surface area contributed by atoms with Gasteiger partial charge in [-0.2, -0.15) is 0 Å². The number of unbranched alkanes of at least 4 members (excludes halogenated alkanes) is 2. The van der Waals surface area contributed by atoms with E-state index in [1.807, 2.05) is 37.3 Å². The highest BCUT2D eigenvalue weighted by atomic mass is 79.9. The van der Waals surface area contributed by atoms with Crippen LogP contribution < -0.4 is 10.6 Å². The SMILES string of the molecule is CCCCCNC(=O)C1N([C@@H](CC)CO)C(=O)[C@@H]2[C@H](C(=O)NCc3ccccc3)[C@H]3OC12CC3Br. The van der Waals surface area contributed by atoms with Crippen molar-refractivity contribution < 1.29 is 24.2 Å². The van der Waals surface area contributed by atoms with Crippen molar-refractivity contribution in [2.75, 3.05) is 13.2 Å². The molecule has 0 saturated carbocycles. The molecule has 7 atom stereocenters. The molecule has 3 unspecified atom stereocenters. The zero-order chi connectivity index (χ0) is 25.2. The molecule has 9 heteroatoms. The Labute approximate surface area is 215 Å². The quantitative estimate of drug-likeness (QED) is 0.289. The van der Waals surface area contributed by atoms with Crippen LogP contribution in [0.3, 0.4) is 0 Å². The third-order valence-corrected chi connectivity index (χ3v) is 8.59. The fourth-order valence-electron chi connectivity index (χ4n) is 6.06. The molecule has 192 valence electrons. The number of nitrogens with zero attached hydrogens (tertiary/aromatic N) is 1. The van der Waals surface area contributed by atoms with Gasteiger partial charge in [0.25, 0.3) is 0 Å². The summed E-state index contributed by atoms with van der Waals surface area (Å²) in [6.45, 7) is 4.59. The molecule has 3 amide bonds. The van der Waals surface area contributed by atoms with Gasteiger partial charge in [0.05, 0.1) is 30.6 Å². The number of benzene rings is 1. The largest absolute Gasteiger partial charge is 0.394 e. The van der Waals surface area contributed by atoms with E-state index in [9.17, 15) is 19.5 Å². The van der Waals surface area contributed by atoms with Crippen LogP contribution in [0.4, 0.5) is 0 Å². The van der Waals surface area contributed by atoms with Gasteiger partial charge in [0.1, 0.15) is 11.6 Å². The number of likely N-dealkylation sites (tertiary alicyclic amines) is 1. The van der Waals surface area contributed by atoms with E-state index >= 15 is 0 Å². The number of halogens is 1. The van der Waals surface area contributed by atoms with E-state index in [1.54, 1.807) is 0 Å². The lowest BCUT2D eigenvalue weighted by molar-refractivity contribution is -0.145. The van der Waals surface area contributed by atoms with Crippen molar-refractivity contribution >= 4 is 33.7 Å². The molecule has 1 aromatic carbocycles. The summed E-state index contributed by atoms with van der Waals surface area (Å²) in [6.07, 6.45) is 3.35.